The zero-order valence-electron chi connectivity index (χ0n) is 9.55. The topological polar surface area (TPSA) is 55.4 Å². The van der Waals surface area contributed by atoms with Crippen LogP contribution in [0.25, 0.3) is 0 Å². The summed E-state index contributed by atoms with van der Waals surface area (Å²) in [4.78, 5) is 0. The van der Waals surface area contributed by atoms with Gasteiger partial charge in [-0.15, -0.1) is 11.6 Å². The third-order valence-corrected chi connectivity index (χ3v) is 3.69. The van der Waals surface area contributed by atoms with Crippen molar-refractivity contribution < 1.29 is 13.2 Å². The van der Waals surface area contributed by atoms with E-state index in [0.717, 1.165) is 0 Å². The minimum absolute atomic E-state index is 0.118. The fraction of sp³-hybridized carbons (Fsp3) is 1.00. The Bertz CT molecular complexity index is 265. The first-order chi connectivity index (χ1) is 6.83. The minimum atomic E-state index is -3.22. The smallest absolute Gasteiger partial charge is 0.212 e. The van der Waals surface area contributed by atoms with E-state index in [2.05, 4.69) is 4.72 Å². The van der Waals surface area contributed by atoms with Gasteiger partial charge in [-0.3, -0.25) is 0 Å². The molecule has 15 heavy (non-hydrogen) atoms. The standard InChI is InChI=1S/C9H20ClNO3S/c1-9(2,8-14-3)11-15(12,13)7-5-4-6-10/h11H,4-8H2,1-3H3. The molecule has 0 aromatic heterocycles. The highest BCUT2D eigenvalue weighted by Crippen LogP contribution is 2.06. The predicted octanol–water partition coefficient (Wildman–Crippen LogP) is 1.35. The third-order valence-electron chi connectivity index (χ3n) is 1.73. The van der Waals surface area contributed by atoms with Gasteiger partial charge < -0.3 is 4.74 Å². The Morgan fingerprint density at radius 2 is 1.93 bits per heavy atom. The molecule has 0 aromatic carbocycles. The van der Waals surface area contributed by atoms with Crippen LogP contribution in [0.5, 0.6) is 0 Å². The van der Waals surface area contributed by atoms with Gasteiger partial charge in [0.2, 0.25) is 10.0 Å². The lowest BCUT2D eigenvalue weighted by Crippen LogP contribution is -2.47. The Morgan fingerprint density at radius 1 is 1.33 bits per heavy atom. The van der Waals surface area contributed by atoms with Crippen LogP contribution in [0.1, 0.15) is 26.7 Å². The Morgan fingerprint density at radius 3 is 2.40 bits per heavy atom. The molecule has 0 saturated carbocycles. The molecule has 0 bridgehead atoms. The normalized spacial score (nSPS) is 13.1. The van der Waals surface area contributed by atoms with Gasteiger partial charge in [0.15, 0.2) is 0 Å². The number of nitrogens with one attached hydrogen (secondary N) is 1. The molecule has 0 fully saturated rings. The second-order valence-corrected chi connectivity index (χ2v) is 6.35. The summed E-state index contributed by atoms with van der Waals surface area (Å²) in [5, 5.41) is 0. The van der Waals surface area contributed by atoms with E-state index in [1.54, 1.807) is 21.0 Å². The molecule has 0 aliphatic heterocycles. The summed E-state index contributed by atoms with van der Waals surface area (Å²) in [6.45, 7) is 3.92. The molecule has 0 heterocycles. The SMILES string of the molecule is COCC(C)(C)NS(=O)(=O)CCCCCl. The maximum absolute atomic E-state index is 11.6. The van der Waals surface area contributed by atoms with Gasteiger partial charge in [0.1, 0.15) is 0 Å². The van der Waals surface area contributed by atoms with Crippen LogP contribution in [0.2, 0.25) is 0 Å². The molecule has 0 radical (unpaired) electrons. The van der Waals surface area contributed by atoms with Crippen LogP contribution in [0, 0.1) is 0 Å². The molecule has 0 atom stereocenters. The van der Waals surface area contributed by atoms with E-state index in [1.165, 1.54) is 0 Å². The molecule has 0 amide bonds. The zero-order chi connectivity index (χ0) is 11.9. The van der Waals surface area contributed by atoms with Crippen LogP contribution < -0.4 is 4.72 Å². The number of hydrogen-bond acceptors (Lipinski definition) is 3. The van der Waals surface area contributed by atoms with Gasteiger partial charge >= 0.3 is 0 Å². The number of hydrogen-bond donors (Lipinski definition) is 1. The van der Waals surface area contributed by atoms with Gasteiger partial charge in [-0.05, 0) is 26.7 Å². The van der Waals surface area contributed by atoms with E-state index in [-0.39, 0.29) is 5.75 Å². The predicted molar refractivity (Wildman–Crippen MR) is 62.8 cm³/mol. The van der Waals surface area contributed by atoms with Gasteiger partial charge in [0, 0.05) is 13.0 Å². The number of methoxy groups -OCH3 is 1. The summed E-state index contributed by atoms with van der Waals surface area (Å²) in [5.41, 5.74) is -0.561. The molecule has 92 valence electrons. The molecule has 0 aromatic rings. The number of halogens is 1. The molecule has 0 rings (SSSR count). The van der Waals surface area contributed by atoms with Gasteiger partial charge in [-0.25, -0.2) is 13.1 Å². The number of unbranched alkanes of at least 4 members (excludes halogenated alkanes) is 1. The molecule has 4 nitrogen and oxygen atoms in total. The maximum Gasteiger partial charge on any atom is 0.212 e. The lowest BCUT2D eigenvalue weighted by Gasteiger charge is -2.24. The fourth-order valence-electron chi connectivity index (χ4n) is 1.25. The average Bonchev–Trinajstić information content (AvgIpc) is 2.01. The summed E-state index contributed by atoms with van der Waals surface area (Å²) in [5.74, 6) is 0.615. The van der Waals surface area contributed by atoms with Crippen molar-refractivity contribution in [3.8, 4) is 0 Å². The van der Waals surface area contributed by atoms with Crippen LogP contribution in [-0.4, -0.2) is 39.3 Å². The number of ether oxygens (including phenoxy) is 1. The van der Waals surface area contributed by atoms with Gasteiger partial charge in [0.25, 0.3) is 0 Å². The lowest BCUT2D eigenvalue weighted by atomic mass is 10.1. The molecule has 0 saturated heterocycles. The Kier molecular flexibility index (Phi) is 6.75. The van der Waals surface area contributed by atoms with Crippen molar-refractivity contribution in [2.75, 3.05) is 25.3 Å². The van der Waals surface area contributed by atoms with E-state index in [1.807, 2.05) is 0 Å². The second kappa shape index (κ2) is 6.68. The van der Waals surface area contributed by atoms with E-state index in [9.17, 15) is 8.42 Å². The molecule has 0 unspecified atom stereocenters. The van der Waals surface area contributed by atoms with Crippen LogP contribution in [0.3, 0.4) is 0 Å². The summed E-state index contributed by atoms with van der Waals surface area (Å²) in [6, 6.07) is 0. The Labute approximate surface area is 97.4 Å². The first kappa shape index (κ1) is 15.2. The van der Waals surface area contributed by atoms with Gasteiger partial charge in [-0.1, -0.05) is 0 Å². The molecule has 0 aliphatic carbocycles. The van der Waals surface area contributed by atoms with E-state index in [4.69, 9.17) is 16.3 Å². The van der Waals surface area contributed by atoms with Gasteiger partial charge in [-0.2, -0.15) is 0 Å². The number of rotatable bonds is 8. The third kappa shape index (κ3) is 8.02. The average molecular weight is 258 g/mol. The van der Waals surface area contributed by atoms with E-state index < -0.39 is 15.6 Å². The highest BCUT2D eigenvalue weighted by Gasteiger charge is 2.24. The summed E-state index contributed by atoms with van der Waals surface area (Å²) < 4.78 is 30.7. The zero-order valence-corrected chi connectivity index (χ0v) is 11.1. The highest BCUT2D eigenvalue weighted by molar-refractivity contribution is 7.89. The van der Waals surface area contributed by atoms with Crippen LogP contribution in [0.4, 0.5) is 0 Å². The molecule has 1 N–H and O–H groups in total. The van der Waals surface area contributed by atoms with E-state index in [0.29, 0.717) is 25.3 Å². The molecular formula is C9H20ClNO3S. The summed E-state index contributed by atoms with van der Waals surface area (Å²) >= 11 is 5.48. The highest BCUT2D eigenvalue weighted by atomic mass is 35.5. The fourth-order valence-corrected chi connectivity index (χ4v) is 3.02. The summed E-state index contributed by atoms with van der Waals surface area (Å²) in [6.07, 6.45) is 1.30. The quantitative estimate of drug-likeness (QED) is 0.528. The van der Waals surface area contributed by atoms with Crippen LogP contribution >= 0.6 is 11.6 Å². The maximum atomic E-state index is 11.6. The van der Waals surface area contributed by atoms with Crippen LogP contribution in [0.15, 0.2) is 0 Å². The lowest BCUT2D eigenvalue weighted by molar-refractivity contribution is 0.141. The number of alkyl halides is 1. The van der Waals surface area contributed by atoms with Crippen LogP contribution in [-0.2, 0) is 14.8 Å². The molecule has 0 aliphatic rings. The van der Waals surface area contributed by atoms with E-state index >= 15 is 0 Å². The van der Waals surface area contributed by atoms with Gasteiger partial charge in [0.05, 0.1) is 17.9 Å². The van der Waals surface area contributed by atoms with Crippen molar-refractivity contribution in [3.63, 3.8) is 0 Å². The number of sulfonamides is 1. The minimum Gasteiger partial charge on any atom is -0.383 e. The first-order valence-electron chi connectivity index (χ1n) is 4.89. The van der Waals surface area contributed by atoms with Crippen molar-refractivity contribution >= 4 is 21.6 Å². The largest absolute Gasteiger partial charge is 0.383 e. The van der Waals surface area contributed by atoms with Crippen molar-refractivity contribution in [1.29, 1.82) is 0 Å². The Balaban J connectivity index is 4.13. The van der Waals surface area contributed by atoms with Crippen molar-refractivity contribution in [1.82, 2.24) is 4.72 Å². The summed E-state index contributed by atoms with van der Waals surface area (Å²) in [7, 11) is -1.68. The second-order valence-electron chi connectivity index (χ2n) is 4.13. The van der Waals surface area contributed by atoms with Crippen molar-refractivity contribution in [2.45, 2.75) is 32.2 Å². The monoisotopic (exact) mass is 257 g/mol. The molecular weight excluding hydrogens is 238 g/mol. The van der Waals surface area contributed by atoms with Crippen molar-refractivity contribution in [2.24, 2.45) is 0 Å². The molecule has 0 spiro atoms. The molecule has 6 heteroatoms. The Hall–Kier alpha value is 0.160. The van der Waals surface area contributed by atoms with Crippen molar-refractivity contribution in [3.05, 3.63) is 0 Å². The first-order valence-corrected chi connectivity index (χ1v) is 7.08.